The van der Waals surface area contributed by atoms with Gasteiger partial charge in [-0.3, -0.25) is 0 Å². The number of pyridine rings is 1. The Morgan fingerprint density at radius 2 is 2.05 bits per heavy atom. The van der Waals surface area contributed by atoms with Gasteiger partial charge in [0.25, 0.3) is 5.69 Å². The van der Waals surface area contributed by atoms with E-state index in [0.717, 1.165) is 11.3 Å². The summed E-state index contributed by atoms with van der Waals surface area (Å²) in [6.45, 7) is -0.424. The normalized spacial score (nSPS) is 10.5. The average Bonchev–Trinajstić information content (AvgIpc) is 2.39. The third-order valence-electron chi connectivity index (χ3n) is 2.47. The minimum absolute atomic E-state index is 0.118. The second kappa shape index (κ2) is 6.13. The number of benzene rings is 1. The van der Waals surface area contributed by atoms with Gasteiger partial charge in [-0.1, -0.05) is 6.07 Å². The summed E-state index contributed by atoms with van der Waals surface area (Å²) in [6, 6.07) is 10.1. The summed E-state index contributed by atoms with van der Waals surface area (Å²) in [4.78, 5) is 3.05. The van der Waals surface area contributed by atoms with E-state index in [-0.39, 0.29) is 5.75 Å². The fraction of sp³-hybridized carbons (Fsp3) is 0.214. The van der Waals surface area contributed by atoms with E-state index in [9.17, 15) is 8.78 Å². The molecule has 0 amide bonds. The van der Waals surface area contributed by atoms with Crippen molar-refractivity contribution in [2.45, 2.75) is 13.5 Å². The molecule has 0 aliphatic rings. The third-order valence-corrected chi connectivity index (χ3v) is 2.47. The summed E-state index contributed by atoms with van der Waals surface area (Å²) in [5.41, 5.74) is 1.45. The van der Waals surface area contributed by atoms with Crippen molar-refractivity contribution in [2.24, 2.45) is 0 Å². The Kier molecular flexibility index (Phi) is 4.28. The van der Waals surface area contributed by atoms with Gasteiger partial charge in [0.1, 0.15) is 5.75 Å². The van der Waals surface area contributed by atoms with Gasteiger partial charge in [0, 0.05) is 6.07 Å². The Balaban J connectivity index is 2.36. The van der Waals surface area contributed by atoms with Gasteiger partial charge < -0.3 is 9.47 Å². The summed E-state index contributed by atoms with van der Waals surface area (Å²) in [5, 5.41) is 0. The lowest BCUT2D eigenvalue weighted by Gasteiger charge is -2.07. The number of aromatic amines is 1. The smallest absolute Gasteiger partial charge is 0.387 e. The van der Waals surface area contributed by atoms with Crippen molar-refractivity contribution >= 4 is 0 Å². The van der Waals surface area contributed by atoms with Crippen LogP contribution in [-0.2, 0) is 0 Å². The topological polar surface area (TPSA) is 32.6 Å². The zero-order chi connectivity index (χ0) is 13.7. The van der Waals surface area contributed by atoms with Gasteiger partial charge in [0.05, 0.1) is 12.2 Å². The van der Waals surface area contributed by atoms with Gasteiger partial charge in [-0.25, -0.2) is 4.98 Å². The van der Waals surface area contributed by atoms with Gasteiger partial charge >= 0.3 is 6.61 Å². The van der Waals surface area contributed by atoms with E-state index >= 15 is 0 Å². The first-order valence-electron chi connectivity index (χ1n) is 5.89. The standard InChI is InChI=1S/C14H13F2NO2/c1-2-18-12-7-4-8-17-13(12)10-5-3-6-11(9-10)19-14(15)16/h3-9,14H,2H2,1H3/p+1. The molecular weight excluding hydrogens is 252 g/mol. The van der Waals surface area contributed by atoms with Crippen LogP contribution in [0.4, 0.5) is 8.78 Å². The number of hydrogen-bond acceptors (Lipinski definition) is 2. The van der Waals surface area contributed by atoms with Gasteiger partial charge in [-0.15, -0.1) is 0 Å². The highest BCUT2D eigenvalue weighted by Crippen LogP contribution is 2.28. The minimum atomic E-state index is -2.83. The van der Waals surface area contributed by atoms with Crippen LogP contribution < -0.4 is 14.5 Å². The monoisotopic (exact) mass is 266 g/mol. The molecule has 3 nitrogen and oxygen atoms in total. The molecule has 0 unspecified atom stereocenters. The number of ether oxygens (including phenoxy) is 2. The Morgan fingerprint density at radius 3 is 2.79 bits per heavy atom. The largest absolute Gasteiger partial charge is 0.487 e. The summed E-state index contributed by atoms with van der Waals surface area (Å²) in [5.74, 6) is 0.784. The Labute approximate surface area is 109 Å². The predicted octanol–water partition coefficient (Wildman–Crippen LogP) is 3.17. The van der Waals surface area contributed by atoms with Crippen molar-refractivity contribution in [1.82, 2.24) is 0 Å². The third kappa shape index (κ3) is 3.40. The fourth-order valence-corrected chi connectivity index (χ4v) is 1.75. The molecule has 0 aliphatic heterocycles. The van der Waals surface area contributed by atoms with Crippen LogP contribution in [0.1, 0.15) is 6.92 Å². The van der Waals surface area contributed by atoms with Crippen LogP contribution in [-0.4, -0.2) is 13.2 Å². The van der Waals surface area contributed by atoms with Crippen molar-refractivity contribution in [3.05, 3.63) is 42.6 Å². The molecule has 1 aromatic carbocycles. The maximum Gasteiger partial charge on any atom is 0.387 e. The molecule has 19 heavy (non-hydrogen) atoms. The van der Waals surface area contributed by atoms with Crippen LogP contribution in [0.3, 0.4) is 0 Å². The number of alkyl halides is 2. The van der Waals surface area contributed by atoms with Crippen LogP contribution in [0.2, 0.25) is 0 Å². The number of hydrogen-bond donors (Lipinski definition) is 0. The highest BCUT2D eigenvalue weighted by Gasteiger charge is 2.14. The average molecular weight is 266 g/mol. The molecule has 2 rings (SSSR count). The van der Waals surface area contributed by atoms with E-state index in [2.05, 4.69) is 9.72 Å². The quantitative estimate of drug-likeness (QED) is 0.832. The van der Waals surface area contributed by atoms with Crippen molar-refractivity contribution in [2.75, 3.05) is 6.61 Å². The first-order chi connectivity index (χ1) is 9.20. The van der Waals surface area contributed by atoms with E-state index in [0.29, 0.717) is 12.4 Å². The summed E-state index contributed by atoms with van der Waals surface area (Å²) < 4.78 is 34.3. The van der Waals surface area contributed by atoms with E-state index < -0.39 is 6.61 Å². The van der Waals surface area contributed by atoms with Crippen molar-refractivity contribution in [1.29, 1.82) is 0 Å². The minimum Gasteiger partial charge on any atom is -0.487 e. The molecule has 0 radical (unpaired) electrons. The first-order valence-corrected chi connectivity index (χ1v) is 5.89. The molecule has 5 heteroatoms. The van der Waals surface area contributed by atoms with Gasteiger partial charge in [0.15, 0.2) is 11.9 Å². The molecule has 0 fully saturated rings. The highest BCUT2D eigenvalue weighted by molar-refractivity contribution is 5.64. The molecule has 0 bridgehead atoms. The van der Waals surface area contributed by atoms with Crippen LogP contribution in [0.15, 0.2) is 42.6 Å². The number of rotatable bonds is 5. The van der Waals surface area contributed by atoms with Gasteiger partial charge in [0.2, 0.25) is 0 Å². The molecule has 2 aromatic rings. The maximum atomic E-state index is 12.2. The SMILES string of the molecule is CCOc1ccc[nH+]c1-c1cccc(OC(F)F)c1. The zero-order valence-electron chi connectivity index (χ0n) is 10.4. The number of halogens is 2. The molecule has 100 valence electrons. The Hall–Kier alpha value is -2.17. The molecule has 1 heterocycles. The number of nitrogens with one attached hydrogen (secondary N) is 1. The van der Waals surface area contributed by atoms with E-state index in [4.69, 9.17) is 4.74 Å². The molecule has 0 aliphatic carbocycles. The first kappa shape index (κ1) is 13.3. The van der Waals surface area contributed by atoms with Crippen LogP contribution in [0.5, 0.6) is 11.5 Å². The Bertz CT molecular complexity index is 546. The fourth-order valence-electron chi connectivity index (χ4n) is 1.75. The number of aromatic nitrogens is 1. The Morgan fingerprint density at radius 1 is 1.21 bits per heavy atom. The second-order valence-corrected chi connectivity index (χ2v) is 3.75. The molecular formula is C14H14F2NO2+. The lowest BCUT2D eigenvalue weighted by molar-refractivity contribution is -0.365. The predicted molar refractivity (Wildman–Crippen MR) is 66.2 cm³/mol. The van der Waals surface area contributed by atoms with Crippen LogP contribution >= 0.6 is 0 Å². The lowest BCUT2D eigenvalue weighted by Crippen LogP contribution is -2.09. The molecule has 0 spiro atoms. The van der Waals surface area contributed by atoms with Crippen molar-refractivity contribution in [3.8, 4) is 22.8 Å². The van der Waals surface area contributed by atoms with Crippen molar-refractivity contribution < 1.29 is 23.2 Å². The maximum absolute atomic E-state index is 12.2. The van der Waals surface area contributed by atoms with E-state index in [1.54, 1.807) is 24.4 Å². The molecule has 1 N–H and O–H groups in total. The molecule has 0 atom stereocenters. The zero-order valence-corrected chi connectivity index (χ0v) is 10.4. The molecule has 0 saturated heterocycles. The van der Waals surface area contributed by atoms with Gasteiger partial charge in [-0.05, 0) is 31.2 Å². The van der Waals surface area contributed by atoms with Gasteiger partial charge in [-0.2, -0.15) is 8.78 Å². The molecule has 0 saturated carbocycles. The summed E-state index contributed by atoms with van der Waals surface area (Å²) in [6.07, 6.45) is 1.75. The number of H-pyrrole nitrogens is 1. The summed E-state index contributed by atoms with van der Waals surface area (Å²) >= 11 is 0. The van der Waals surface area contributed by atoms with Crippen LogP contribution in [0, 0.1) is 0 Å². The van der Waals surface area contributed by atoms with Crippen LogP contribution in [0.25, 0.3) is 11.3 Å². The second-order valence-electron chi connectivity index (χ2n) is 3.75. The van der Waals surface area contributed by atoms with Crippen molar-refractivity contribution in [3.63, 3.8) is 0 Å². The highest BCUT2D eigenvalue weighted by atomic mass is 19.3. The lowest BCUT2D eigenvalue weighted by atomic mass is 10.1. The molecule has 1 aromatic heterocycles. The van der Waals surface area contributed by atoms with E-state index in [1.165, 1.54) is 6.07 Å². The van der Waals surface area contributed by atoms with E-state index in [1.807, 2.05) is 19.1 Å². The summed E-state index contributed by atoms with van der Waals surface area (Å²) in [7, 11) is 0.